The van der Waals surface area contributed by atoms with Crippen LogP contribution in [-0.4, -0.2) is 44.2 Å². The Morgan fingerprint density at radius 1 is 1.17 bits per heavy atom. The van der Waals surface area contributed by atoms with Gasteiger partial charge in [0.05, 0.1) is 25.2 Å². The van der Waals surface area contributed by atoms with Crippen LogP contribution in [0.5, 0.6) is 5.75 Å². The van der Waals surface area contributed by atoms with Gasteiger partial charge in [0.25, 0.3) is 5.69 Å². The first-order valence-corrected chi connectivity index (χ1v) is 10.1. The molecule has 8 nitrogen and oxygen atoms in total. The monoisotopic (exact) mass is 411 g/mol. The van der Waals surface area contributed by atoms with E-state index in [1.54, 1.807) is 13.2 Å². The van der Waals surface area contributed by atoms with Gasteiger partial charge in [0.1, 0.15) is 5.75 Å². The number of methoxy groups -OCH3 is 1. The fourth-order valence-corrected chi connectivity index (χ4v) is 4.24. The fraction of sp³-hybridized carbons (Fsp3) is 0.409. The number of hydrogen-bond acceptors (Lipinski definition) is 6. The average molecular weight is 411 g/mol. The molecule has 30 heavy (non-hydrogen) atoms. The van der Waals surface area contributed by atoms with Crippen molar-refractivity contribution in [3.63, 3.8) is 0 Å². The summed E-state index contributed by atoms with van der Waals surface area (Å²) in [5, 5.41) is 14.4. The Hall–Kier alpha value is -3.13. The summed E-state index contributed by atoms with van der Waals surface area (Å²) in [4.78, 5) is 26.2. The quantitative estimate of drug-likeness (QED) is 0.600. The van der Waals surface area contributed by atoms with Gasteiger partial charge in [0, 0.05) is 47.6 Å². The molecule has 1 fully saturated rings. The molecule has 2 aromatic carbocycles. The van der Waals surface area contributed by atoms with Crippen LogP contribution in [-0.2, 0) is 22.4 Å². The maximum atomic E-state index is 12.9. The van der Waals surface area contributed by atoms with Gasteiger partial charge in [-0.1, -0.05) is 0 Å². The van der Waals surface area contributed by atoms with E-state index in [2.05, 4.69) is 10.2 Å². The van der Waals surface area contributed by atoms with E-state index >= 15 is 0 Å². The fourth-order valence-electron chi connectivity index (χ4n) is 4.24. The minimum Gasteiger partial charge on any atom is -0.496 e. The third-order valence-electron chi connectivity index (χ3n) is 5.86. The van der Waals surface area contributed by atoms with E-state index in [4.69, 9.17) is 9.47 Å². The van der Waals surface area contributed by atoms with Crippen molar-refractivity contribution in [2.45, 2.75) is 19.3 Å². The summed E-state index contributed by atoms with van der Waals surface area (Å²) in [6, 6.07) is 10.9. The summed E-state index contributed by atoms with van der Waals surface area (Å²) >= 11 is 0. The normalized spacial score (nSPS) is 18.4. The van der Waals surface area contributed by atoms with Crippen molar-refractivity contribution in [2.24, 2.45) is 5.92 Å². The number of nitro groups is 1. The van der Waals surface area contributed by atoms with Crippen LogP contribution in [0.1, 0.15) is 17.5 Å². The molecular weight excluding hydrogens is 386 g/mol. The molecule has 1 atom stereocenters. The van der Waals surface area contributed by atoms with Crippen LogP contribution in [0.15, 0.2) is 36.4 Å². The molecule has 1 aliphatic carbocycles. The molecule has 1 N–H and O–H groups in total. The highest BCUT2D eigenvalue weighted by Gasteiger charge is 2.31. The molecule has 1 saturated heterocycles. The average Bonchev–Trinajstić information content (AvgIpc) is 2.78. The molecule has 0 unspecified atom stereocenters. The maximum Gasteiger partial charge on any atom is 0.273 e. The van der Waals surface area contributed by atoms with Crippen molar-refractivity contribution >= 4 is 23.0 Å². The minimum atomic E-state index is -0.386. The second-order valence-corrected chi connectivity index (χ2v) is 7.58. The number of nitro benzene ring substituents is 1. The first kappa shape index (κ1) is 20.2. The van der Waals surface area contributed by atoms with E-state index in [-0.39, 0.29) is 22.4 Å². The molecule has 8 heteroatoms. The van der Waals surface area contributed by atoms with Gasteiger partial charge in [-0.15, -0.1) is 0 Å². The van der Waals surface area contributed by atoms with E-state index in [0.717, 1.165) is 43.2 Å². The van der Waals surface area contributed by atoms with Crippen molar-refractivity contribution in [2.75, 3.05) is 43.6 Å². The first-order chi connectivity index (χ1) is 14.6. The van der Waals surface area contributed by atoms with Crippen LogP contribution < -0.4 is 15.0 Å². The van der Waals surface area contributed by atoms with E-state index < -0.39 is 0 Å². The molecule has 0 saturated carbocycles. The van der Waals surface area contributed by atoms with Gasteiger partial charge in [-0.3, -0.25) is 14.9 Å². The van der Waals surface area contributed by atoms with E-state index in [9.17, 15) is 14.9 Å². The molecule has 1 aliphatic heterocycles. The largest absolute Gasteiger partial charge is 0.496 e. The minimum absolute atomic E-state index is 0.0539. The van der Waals surface area contributed by atoms with Crippen LogP contribution in [0.25, 0.3) is 0 Å². The van der Waals surface area contributed by atoms with Crippen LogP contribution in [0.3, 0.4) is 0 Å². The summed E-state index contributed by atoms with van der Waals surface area (Å²) in [5.41, 5.74) is 3.32. The number of nitrogens with zero attached hydrogens (tertiary/aromatic N) is 2. The van der Waals surface area contributed by atoms with Crippen molar-refractivity contribution in [3.05, 3.63) is 57.6 Å². The van der Waals surface area contributed by atoms with Gasteiger partial charge in [-0.2, -0.15) is 0 Å². The lowest BCUT2D eigenvalue weighted by Crippen LogP contribution is -2.36. The summed E-state index contributed by atoms with van der Waals surface area (Å²) in [7, 11) is 1.56. The van der Waals surface area contributed by atoms with Crippen molar-refractivity contribution in [1.29, 1.82) is 0 Å². The SMILES string of the molecule is COc1ccc([N+](=O)[O-])c2c1CC[C@@H](C(=O)Nc1ccc(N3CCOCC3)cc1)C2. The summed E-state index contributed by atoms with van der Waals surface area (Å²) in [6.45, 7) is 3.15. The summed E-state index contributed by atoms with van der Waals surface area (Å²) in [6.07, 6.45) is 1.54. The number of fused-ring (bicyclic) bond motifs is 1. The lowest BCUT2D eigenvalue weighted by Gasteiger charge is -2.29. The topological polar surface area (TPSA) is 93.9 Å². The molecule has 158 valence electrons. The zero-order valence-electron chi connectivity index (χ0n) is 16.9. The highest BCUT2D eigenvalue weighted by molar-refractivity contribution is 5.93. The van der Waals surface area contributed by atoms with E-state index in [1.165, 1.54) is 6.07 Å². The number of amides is 1. The second kappa shape index (κ2) is 8.71. The first-order valence-electron chi connectivity index (χ1n) is 10.1. The van der Waals surface area contributed by atoms with Crippen molar-refractivity contribution in [3.8, 4) is 5.75 Å². The third kappa shape index (κ3) is 4.09. The number of anilines is 2. The number of carbonyl (C=O) groups is 1. The molecule has 2 aliphatic rings. The number of carbonyl (C=O) groups excluding carboxylic acids is 1. The predicted molar refractivity (Wildman–Crippen MR) is 113 cm³/mol. The molecule has 1 heterocycles. The van der Waals surface area contributed by atoms with Gasteiger partial charge in [0.15, 0.2) is 0 Å². The molecule has 0 radical (unpaired) electrons. The predicted octanol–water partition coefficient (Wildman–Crippen LogP) is 3.18. The van der Waals surface area contributed by atoms with Gasteiger partial charge in [0.2, 0.25) is 5.91 Å². The number of benzene rings is 2. The van der Waals surface area contributed by atoms with Crippen LogP contribution in [0.4, 0.5) is 17.1 Å². The highest BCUT2D eigenvalue weighted by Crippen LogP contribution is 2.38. The smallest absolute Gasteiger partial charge is 0.273 e. The molecular formula is C22H25N3O5. The Bertz CT molecular complexity index is 939. The van der Waals surface area contributed by atoms with E-state index in [1.807, 2.05) is 24.3 Å². The van der Waals surface area contributed by atoms with Crippen LogP contribution in [0.2, 0.25) is 0 Å². The summed E-state index contributed by atoms with van der Waals surface area (Å²) < 4.78 is 10.7. The lowest BCUT2D eigenvalue weighted by molar-refractivity contribution is -0.385. The van der Waals surface area contributed by atoms with Crippen molar-refractivity contribution in [1.82, 2.24) is 0 Å². The Kier molecular flexibility index (Phi) is 5.85. The molecule has 4 rings (SSSR count). The van der Waals surface area contributed by atoms with Gasteiger partial charge < -0.3 is 19.7 Å². The molecule has 0 spiro atoms. The standard InChI is InChI=1S/C22H25N3O5/c1-29-21-9-8-20(25(27)28)19-14-15(2-7-18(19)21)22(26)23-16-3-5-17(6-4-16)24-10-12-30-13-11-24/h3-6,8-9,15H,2,7,10-14H2,1H3,(H,23,26)/t15-/m1/s1. The number of morpholine rings is 1. The molecule has 2 aromatic rings. The Labute approximate surface area is 174 Å². The summed E-state index contributed by atoms with van der Waals surface area (Å²) in [5.74, 6) is 0.215. The van der Waals surface area contributed by atoms with E-state index in [0.29, 0.717) is 30.6 Å². The Morgan fingerprint density at radius 3 is 2.57 bits per heavy atom. The molecule has 0 aromatic heterocycles. The van der Waals surface area contributed by atoms with Crippen LogP contribution >= 0.6 is 0 Å². The number of nitrogens with one attached hydrogen (secondary N) is 1. The van der Waals surface area contributed by atoms with Crippen LogP contribution in [0, 0.1) is 16.0 Å². The lowest BCUT2D eigenvalue weighted by atomic mass is 9.82. The second-order valence-electron chi connectivity index (χ2n) is 7.58. The number of rotatable bonds is 5. The molecule has 0 bridgehead atoms. The number of hydrogen-bond donors (Lipinski definition) is 1. The van der Waals surface area contributed by atoms with Gasteiger partial charge >= 0.3 is 0 Å². The number of ether oxygens (including phenoxy) is 2. The highest BCUT2D eigenvalue weighted by atomic mass is 16.6. The maximum absolute atomic E-state index is 12.9. The van der Waals surface area contributed by atoms with Gasteiger partial charge in [-0.05, 0) is 49.6 Å². The zero-order chi connectivity index (χ0) is 21.1. The Morgan fingerprint density at radius 2 is 1.90 bits per heavy atom. The van der Waals surface area contributed by atoms with Crippen molar-refractivity contribution < 1.29 is 19.2 Å². The molecule has 1 amide bonds. The zero-order valence-corrected chi connectivity index (χ0v) is 16.9. The third-order valence-corrected chi connectivity index (χ3v) is 5.86. The Balaban J connectivity index is 1.46. The van der Waals surface area contributed by atoms with Gasteiger partial charge in [-0.25, -0.2) is 0 Å².